The number of nitrogens with one attached hydrogen (secondary N) is 1. The van der Waals surface area contributed by atoms with Crippen LogP contribution in [0.25, 0.3) is 0 Å². The van der Waals surface area contributed by atoms with Crippen LogP contribution in [-0.2, 0) is 11.2 Å². The summed E-state index contributed by atoms with van der Waals surface area (Å²) in [6.07, 6.45) is 5.02. The first-order valence-corrected chi connectivity index (χ1v) is 6.87. The van der Waals surface area contributed by atoms with Gasteiger partial charge in [-0.05, 0) is 33.2 Å². The van der Waals surface area contributed by atoms with Crippen LogP contribution in [-0.4, -0.2) is 30.8 Å². The molecule has 0 spiro atoms. The van der Waals surface area contributed by atoms with Gasteiger partial charge in [-0.15, -0.1) is 11.3 Å². The number of hydrogen-bond donors (Lipinski definition) is 1. The molecular formula is C12H20N2OS. The van der Waals surface area contributed by atoms with Crippen molar-refractivity contribution in [1.82, 2.24) is 10.3 Å². The van der Waals surface area contributed by atoms with Gasteiger partial charge >= 0.3 is 0 Å². The van der Waals surface area contributed by atoms with Gasteiger partial charge in [0, 0.05) is 24.4 Å². The van der Waals surface area contributed by atoms with Gasteiger partial charge in [0.2, 0.25) is 0 Å². The molecule has 0 bridgehead atoms. The maximum Gasteiger partial charge on any atom is 0.0897 e. The molecule has 0 aliphatic carbocycles. The Morgan fingerprint density at radius 3 is 3.06 bits per heavy atom. The summed E-state index contributed by atoms with van der Waals surface area (Å²) in [6, 6.07) is 0.404. The number of ether oxygens (including phenoxy) is 1. The molecular weight excluding hydrogens is 220 g/mol. The predicted molar refractivity (Wildman–Crippen MR) is 67.0 cm³/mol. The average Bonchev–Trinajstić information content (AvgIpc) is 2.73. The van der Waals surface area contributed by atoms with E-state index in [0.717, 1.165) is 18.0 Å². The van der Waals surface area contributed by atoms with Crippen molar-refractivity contribution in [1.29, 1.82) is 0 Å². The van der Waals surface area contributed by atoms with Gasteiger partial charge in [-0.1, -0.05) is 0 Å². The van der Waals surface area contributed by atoms with Gasteiger partial charge in [-0.3, -0.25) is 0 Å². The normalized spacial score (nSPS) is 23.2. The number of likely N-dealkylation sites (N-methyl/N-ethyl adjacent to an activating group) is 1. The quantitative estimate of drug-likeness (QED) is 0.875. The predicted octanol–water partition coefficient (Wildman–Crippen LogP) is 2.15. The van der Waals surface area contributed by atoms with Crippen LogP contribution < -0.4 is 5.32 Å². The van der Waals surface area contributed by atoms with E-state index in [1.807, 2.05) is 7.05 Å². The van der Waals surface area contributed by atoms with Crippen LogP contribution in [0.1, 0.15) is 30.0 Å². The van der Waals surface area contributed by atoms with Gasteiger partial charge in [0.05, 0.1) is 16.8 Å². The second-order valence-corrected chi connectivity index (χ2v) is 5.42. The topological polar surface area (TPSA) is 34.2 Å². The molecule has 2 rings (SSSR count). The third-order valence-corrected chi connectivity index (χ3v) is 3.95. The van der Waals surface area contributed by atoms with Crippen molar-refractivity contribution < 1.29 is 4.74 Å². The van der Waals surface area contributed by atoms with Gasteiger partial charge in [-0.25, -0.2) is 4.98 Å². The lowest BCUT2D eigenvalue weighted by molar-refractivity contribution is -0.00603. The molecule has 2 atom stereocenters. The minimum absolute atomic E-state index is 0.362. The fourth-order valence-electron chi connectivity index (χ4n) is 2.23. The smallest absolute Gasteiger partial charge is 0.0897 e. The van der Waals surface area contributed by atoms with Crippen molar-refractivity contribution in [3.05, 3.63) is 16.1 Å². The van der Waals surface area contributed by atoms with E-state index in [2.05, 4.69) is 22.6 Å². The van der Waals surface area contributed by atoms with Crippen LogP contribution >= 0.6 is 11.3 Å². The first-order valence-electron chi connectivity index (χ1n) is 5.99. The molecule has 2 unspecified atom stereocenters. The summed E-state index contributed by atoms with van der Waals surface area (Å²) in [6.45, 7) is 2.97. The average molecular weight is 240 g/mol. The Morgan fingerprint density at radius 2 is 2.50 bits per heavy atom. The molecule has 4 heteroatoms. The van der Waals surface area contributed by atoms with Gasteiger partial charge in [0.1, 0.15) is 0 Å². The molecule has 0 aromatic carbocycles. The van der Waals surface area contributed by atoms with Gasteiger partial charge in [0.25, 0.3) is 0 Å². The lowest BCUT2D eigenvalue weighted by atomic mass is 9.99. The molecule has 16 heavy (non-hydrogen) atoms. The highest BCUT2D eigenvalue weighted by Gasteiger charge is 2.23. The summed E-state index contributed by atoms with van der Waals surface area (Å²) >= 11 is 1.72. The van der Waals surface area contributed by atoms with E-state index in [0.29, 0.717) is 12.1 Å². The van der Waals surface area contributed by atoms with E-state index >= 15 is 0 Å². The Kier molecular flexibility index (Phi) is 4.32. The SMILES string of the molecule is CNC(Cc1csc(C)n1)C1CCCCO1. The Balaban J connectivity index is 1.94. The number of hydrogen-bond acceptors (Lipinski definition) is 4. The number of aromatic nitrogens is 1. The molecule has 3 nitrogen and oxygen atoms in total. The molecule has 1 aromatic heterocycles. The molecule has 1 fully saturated rings. The highest BCUT2D eigenvalue weighted by molar-refractivity contribution is 7.09. The van der Waals surface area contributed by atoms with Gasteiger partial charge in [0.15, 0.2) is 0 Å². The van der Waals surface area contributed by atoms with Crippen LogP contribution in [0.2, 0.25) is 0 Å². The standard InChI is InChI=1S/C12H20N2OS/c1-9-14-10(8-16-9)7-11(13-2)12-5-3-4-6-15-12/h8,11-13H,3-7H2,1-2H3. The van der Waals surface area contributed by atoms with Gasteiger partial charge in [-0.2, -0.15) is 0 Å². The van der Waals surface area contributed by atoms with Gasteiger partial charge < -0.3 is 10.1 Å². The van der Waals surface area contributed by atoms with Crippen LogP contribution in [0.4, 0.5) is 0 Å². The van der Waals surface area contributed by atoms with Crippen molar-refractivity contribution in [2.75, 3.05) is 13.7 Å². The fourth-order valence-corrected chi connectivity index (χ4v) is 2.86. The Bertz CT molecular complexity index is 321. The second-order valence-electron chi connectivity index (χ2n) is 4.36. The van der Waals surface area contributed by atoms with E-state index in [4.69, 9.17) is 4.74 Å². The highest BCUT2D eigenvalue weighted by atomic mass is 32.1. The minimum Gasteiger partial charge on any atom is -0.377 e. The van der Waals surface area contributed by atoms with Crippen LogP contribution in [0, 0.1) is 6.92 Å². The molecule has 0 radical (unpaired) electrons. The first kappa shape index (κ1) is 12.0. The summed E-state index contributed by atoms with van der Waals surface area (Å²) in [7, 11) is 2.02. The molecule has 1 saturated heterocycles. The molecule has 0 amide bonds. The molecule has 1 aliphatic rings. The molecule has 1 N–H and O–H groups in total. The van der Waals surface area contributed by atoms with Crippen molar-refractivity contribution in [3.63, 3.8) is 0 Å². The third-order valence-electron chi connectivity index (χ3n) is 3.13. The molecule has 2 heterocycles. The molecule has 1 aliphatic heterocycles. The number of nitrogens with zero attached hydrogens (tertiary/aromatic N) is 1. The van der Waals surface area contributed by atoms with Crippen LogP contribution in [0.5, 0.6) is 0 Å². The molecule has 0 saturated carbocycles. The van der Waals surface area contributed by atoms with Crippen molar-refractivity contribution in [2.45, 2.75) is 44.8 Å². The third kappa shape index (κ3) is 3.03. The monoisotopic (exact) mass is 240 g/mol. The second kappa shape index (κ2) is 5.75. The summed E-state index contributed by atoms with van der Waals surface area (Å²) in [4.78, 5) is 4.52. The lowest BCUT2D eigenvalue weighted by Gasteiger charge is -2.29. The minimum atomic E-state index is 0.362. The van der Waals surface area contributed by atoms with Crippen LogP contribution in [0.15, 0.2) is 5.38 Å². The Morgan fingerprint density at radius 1 is 1.62 bits per heavy atom. The molecule has 90 valence electrons. The van der Waals surface area contributed by atoms with Crippen molar-refractivity contribution >= 4 is 11.3 Å². The molecule has 1 aromatic rings. The lowest BCUT2D eigenvalue weighted by Crippen LogP contribution is -2.42. The Labute approximate surface area is 101 Å². The maximum atomic E-state index is 5.82. The zero-order chi connectivity index (χ0) is 11.4. The van der Waals surface area contributed by atoms with E-state index in [-0.39, 0.29) is 0 Å². The number of aryl methyl sites for hydroxylation is 1. The van der Waals surface area contributed by atoms with Crippen molar-refractivity contribution in [3.8, 4) is 0 Å². The van der Waals surface area contributed by atoms with Crippen LogP contribution in [0.3, 0.4) is 0 Å². The maximum absolute atomic E-state index is 5.82. The first-order chi connectivity index (χ1) is 7.79. The number of rotatable bonds is 4. The number of thiazole rings is 1. The summed E-state index contributed by atoms with van der Waals surface area (Å²) in [5.74, 6) is 0. The van der Waals surface area contributed by atoms with Crippen molar-refractivity contribution in [2.24, 2.45) is 0 Å². The van der Waals surface area contributed by atoms with E-state index < -0.39 is 0 Å². The van der Waals surface area contributed by atoms with E-state index in [1.54, 1.807) is 11.3 Å². The van der Waals surface area contributed by atoms with E-state index in [9.17, 15) is 0 Å². The van der Waals surface area contributed by atoms with E-state index in [1.165, 1.54) is 25.0 Å². The highest BCUT2D eigenvalue weighted by Crippen LogP contribution is 2.19. The summed E-state index contributed by atoms with van der Waals surface area (Å²) in [5, 5.41) is 6.67. The summed E-state index contributed by atoms with van der Waals surface area (Å²) in [5.41, 5.74) is 1.19. The zero-order valence-electron chi connectivity index (χ0n) is 10.0. The largest absolute Gasteiger partial charge is 0.377 e. The zero-order valence-corrected chi connectivity index (χ0v) is 10.8. The Hall–Kier alpha value is -0.450. The summed E-state index contributed by atoms with van der Waals surface area (Å²) < 4.78 is 5.82. The fraction of sp³-hybridized carbons (Fsp3) is 0.750.